The minimum absolute atomic E-state index is 0.0261. The highest BCUT2D eigenvalue weighted by atomic mass is 32.2. The Kier molecular flexibility index (Phi) is 5.95. The first kappa shape index (κ1) is 20.5. The van der Waals surface area contributed by atoms with Crippen LogP contribution < -0.4 is 10.6 Å². The Morgan fingerprint density at radius 1 is 1.07 bits per heavy atom. The lowest BCUT2D eigenvalue weighted by atomic mass is 10.1. The summed E-state index contributed by atoms with van der Waals surface area (Å²) in [6, 6.07) is 12.1. The van der Waals surface area contributed by atoms with Crippen LogP contribution in [-0.4, -0.2) is 57.3 Å². The van der Waals surface area contributed by atoms with Gasteiger partial charge in [-0.3, -0.25) is 14.4 Å². The van der Waals surface area contributed by atoms with Gasteiger partial charge in [-0.1, -0.05) is 24.3 Å². The molecule has 0 unspecified atom stereocenters. The Labute approximate surface area is 167 Å². The predicted octanol–water partition coefficient (Wildman–Crippen LogP) is 0.846. The first-order valence-electron chi connectivity index (χ1n) is 8.68. The lowest BCUT2D eigenvalue weighted by molar-refractivity contribution is -0.116. The van der Waals surface area contributed by atoms with Crippen molar-refractivity contribution >= 4 is 33.4 Å². The number of sulfonamides is 1. The smallest absolute Gasteiger partial charge is 0.269 e. The number of amides is 3. The summed E-state index contributed by atoms with van der Waals surface area (Å²) in [5, 5.41) is 5.15. The Morgan fingerprint density at radius 2 is 1.76 bits per heavy atom. The monoisotopic (exact) mass is 417 g/mol. The zero-order valence-electron chi connectivity index (χ0n) is 15.5. The third-order valence-electron chi connectivity index (χ3n) is 4.24. The van der Waals surface area contributed by atoms with Gasteiger partial charge in [0.15, 0.2) is 0 Å². The maximum atomic E-state index is 12.6. The van der Waals surface area contributed by atoms with Crippen molar-refractivity contribution < 1.29 is 27.5 Å². The van der Waals surface area contributed by atoms with E-state index in [2.05, 4.69) is 10.6 Å². The van der Waals surface area contributed by atoms with Gasteiger partial charge < -0.3 is 15.4 Å². The van der Waals surface area contributed by atoms with Crippen LogP contribution in [0.4, 0.5) is 5.69 Å². The van der Waals surface area contributed by atoms with Crippen LogP contribution in [0.1, 0.15) is 20.7 Å². The van der Waals surface area contributed by atoms with Crippen molar-refractivity contribution in [2.45, 2.75) is 4.90 Å². The number of para-hydroxylation sites is 1. The number of nitrogens with one attached hydrogen (secondary N) is 2. The maximum Gasteiger partial charge on any atom is 0.269 e. The SMILES string of the molecule is COCCNC(=O)c1ccccc1NC(=O)CN1C(=O)c2ccccc2S1(=O)=O. The number of anilines is 1. The van der Waals surface area contributed by atoms with Gasteiger partial charge >= 0.3 is 0 Å². The first-order chi connectivity index (χ1) is 13.9. The molecule has 0 radical (unpaired) electrons. The van der Waals surface area contributed by atoms with Gasteiger partial charge in [-0.05, 0) is 24.3 Å². The van der Waals surface area contributed by atoms with Gasteiger partial charge in [0.2, 0.25) is 5.91 Å². The molecular formula is C19H19N3O6S. The second-order valence-corrected chi connectivity index (χ2v) is 7.99. The van der Waals surface area contributed by atoms with Crippen LogP contribution in [-0.2, 0) is 19.6 Å². The molecule has 9 nitrogen and oxygen atoms in total. The summed E-state index contributed by atoms with van der Waals surface area (Å²) in [5.74, 6) is -1.93. The lowest BCUT2D eigenvalue weighted by Gasteiger charge is -2.16. The molecule has 2 aromatic carbocycles. The molecule has 2 aromatic rings. The van der Waals surface area contributed by atoms with Crippen LogP contribution in [0.15, 0.2) is 53.4 Å². The van der Waals surface area contributed by atoms with Gasteiger partial charge in [0.05, 0.1) is 23.4 Å². The zero-order valence-corrected chi connectivity index (χ0v) is 16.4. The summed E-state index contributed by atoms with van der Waals surface area (Å²) in [4.78, 5) is 37.0. The van der Waals surface area contributed by atoms with Crippen LogP contribution in [0.3, 0.4) is 0 Å². The van der Waals surface area contributed by atoms with Gasteiger partial charge in [0.1, 0.15) is 11.4 Å². The molecule has 10 heteroatoms. The van der Waals surface area contributed by atoms with Crippen LogP contribution in [0.2, 0.25) is 0 Å². The molecule has 2 N–H and O–H groups in total. The summed E-state index contributed by atoms with van der Waals surface area (Å²) in [7, 11) is -2.59. The average molecular weight is 417 g/mol. The van der Waals surface area contributed by atoms with Gasteiger partial charge in [0.25, 0.3) is 21.8 Å². The number of carbonyl (C=O) groups is 3. The third-order valence-corrected chi connectivity index (χ3v) is 6.02. The van der Waals surface area contributed by atoms with E-state index < -0.39 is 34.3 Å². The second-order valence-electron chi connectivity index (χ2n) is 6.16. The highest BCUT2D eigenvalue weighted by molar-refractivity contribution is 7.90. The Bertz CT molecular complexity index is 1070. The molecule has 0 fully saturated rings. The summed E-state index contributed by atoms with van der Waals surface area (Å²) < 4.78 is 30.5. The van der Waals surface area contributed by atoms with Crippen LogP contribution in [0.25, 0.3) is 0 Å². The molecule has 1 aliphatic heterocycles. The van der Waals surface area contributed by atoms with E-state index in [0.717, 1.165) is 0 Å². The first-order valence-corrected chi connectivity index (χ1v) is 10.1. The van der Waals surface area contributed by atoms with E-state index in [0.29, 0.717) is 10.9 Å². The number of hydrogen-bond acceptors (Lipinski definition) is 6. The Hall–Kier alpha value is -3.24. The number of rotatable bonds is 7. The summed E-state index contributed by atoms with van der Waals surface area (Å²) >= 11 is 0. The number of carbonyl (C=O) groups excluding carboxylic acids is 3. The molecule has 0 spiro atoms. The van der Waals surface area contributed by atoms with Crippen molar-refractivity contribution in [3.05, 3.63) is 59.7 Å². The Morgan fingerprint density at radius 3 is 2.48 bits per heavy atom. The number of ether oxygens (including phenoxy) is 1. The van der Waals surface area contributed by atoms with Gasteiger partial charge in [-0.2, -0.15) is 0 Å². The molecule has 1 heterocycles. The van der Waals surface area contributed by atoms with Crippen molar-refractivity contribution in [2.24, 2.45) is 0 Å². The van der Waals surface area contributed by atoms with E-state index in [9.17, 15) is 22.8 Å². The van der Waals surface area contributed by atoms with Gasteiger partial charge in [0, 0.05) is 13.7 Å². The van der Waals surface area contributed by atoms with Crippen molar-refractivity contribution in [2.75, 3.05) is 32.1 Å². The minimum atomic E-state index is -4.09. The van der Waals surface area contributed by atoms with E-state index in [4.69, 9.17) is 4.74 Å². The topological polar surface area (TPSA) is 122 Å². The van der Waals surface area contributed by atoms with Crippen LogP contribution in [0.5, 0.6) is 0 Å². The largest absolute Gasteiger partial charge is 0.383 e. The molecule has 3 amide bonds. The quantitative estimate of drug-likeness (QED) is 0.644. The van der Waals surface area contributed by atoms with E-state index in [1.165, 1.54) is 37.4 Å². The second kappa shape index (κ2) is 8.41. The Balaban J connectivity index is 1.74. The number of benzene rings is 2. The molecule has 0 atom stereocenters. The van der Waals surface area contributed by atoms with Crippen molar-refractivity contribution in [3.63, 3.8) is 0 Å². The minimum Gasteiger partial charge on any atom is -0.383 e. The van der Waals surface area contributed by atoms with Gasteiger partial charge in [-0.15, -0.1) is 0 Å². The molecule has 0 aromatic heterocycles. The molecular weight excluding hydrogens is 398 g/mol. The zero-order chi connectivity index (χ0) is 21.0. The molecule has 0 bridgehead atoms. The molecule has 3 rings (SSSR count). The summed E-state index contributed by atoms with van der Waals surface area (Å²) in [6.45, 7) is -0.0817. The molecule has 1 aliphatic rings. The number of hydrogen-bond donors (Lipinski definition) is 2. The van der Waals surface area contributed by atoms with E-state index >= 15 is 0 Å². The molecule has 29 heavy (non-hydrogen) atoms. The van der Waals surface area contributed by atoms with Crippen molar-refractivity contribution in [1.82, 2.24) is 9.62 Å². The fraction of sp³-hybridized carbons (Fsp3) is 0.211. The van der Waals surface area contributed by atoms with Gasteiger partial charge in [-0.25, -0.2) is 12.7 Å². The standard InChI is InChI=1S/C19H19N3O6S/c1-28-11-10-20-18(24)13-6-2-4-8-15(13)21-17(23)12-22-19(25)14-7-3-5-9-16(14)29(22,26)27/h2-9H,10-12H2,1H3,(H,20,24)(H,21,23). The maximum absolute atomic E-state index is 12.6. The summed E-state index contributed by atoms with van der Waals surface area (Å²) in [5.41, 5.74) is 0.433. The van der Waals surface area contributed by atoms with Crippen molar-refractivity contribution in [3.8, 4) is 0 Å². The molecule has 0 saturated heterocycles. The lowest BCUT2D eigenvalue weighted by Crippen LogP contribution is -2.37. The average Bonchev–Trinajstić information content (AvgIpc) is 2.89. The van der Waals surface area contributed by atoms with E-state index in [1.807, 2.05) is 0 Å². The molecule has 0 aliphatic carbocycles. The predicted molar refractivity (Wildman–Crippen MR) is 104 cm³/mol. The number of nitrogens with zero attached hydrogens (tertiary/aromatic N) is 1. The van der Waals surface area contributed by atoms with Crippen molar-refractivity contribution in [1.29, 1.82) is 0 Å². The molecule has 0 saturated carbocycles. The fourth-order valence-corrected chi connectivity index (χ4v) is 4.38. The number of fused-ring (bicyclic) bond motifs is 1. The summed E-state index contributed by atoms with van der Waals surface area (Å²) in [6.07, 6.45) is 0. The highest BCUT2D eigenvalue weighted by Crippen LogP contribution is 2.29. The normalized spacial score (nSPS) is 14.4. The van der Waals surface area contributed by atoms with Crippen LogP contribution >= 0.6 is 0 Å². The highest BCUT2D eigenvalue weighted by Gasteiger charge is 2.41. The van der Waals surface area contributed by atoms with Crippen LogP contribution in [0, 0.1) is 0 Å². The van der Waals surface area contributed by atoms with E-state index in [1.54, 1.807) is 18.2 Å². The number of methoxy groups -OCH3 is 1. The third kappa shape index (κ3) is 4.13. The van der Waals surface area contributed by atoms with E-state index in [-0.39, 0.29) is 28.3 Å². The molecule has 152 valence electrons. The fourth-order valence-electron chi connectivity index (χ4n) is 2.86.